The van der Waals surface area contributed by atoms with Crippen LogP contribution in [-0.2, 0) is 0 Å². The van der Waals surface area contributed by atoms with Crippen molar-refractivity contribution in [3.63, 3.8) is 0 Å². The van der Waals surface area contributed by atoms with E-state index in [1.807, 2.05) is 11.8 Å². The van der Waals surface area contributed by atoms with Crippen molar-refractivity contribution in [3.8, 4) is 0 Å². The van der Waals surface area contributed by atoms with Crippen molar-refractivity contribution in [2.24, 2.45) is 0 Å². The topological polar surface area (TPSA) is 3.24 Å². The predicted octanol–water partition coefficient (Wildman–Crippen LogP) is 6.42. The standard InChI is InChI=1S/C24H31NS/c1-6-7-8-9-10-19(3)24(4)23(20-13-15-25(5)16-14-20)21-17-18(2)11-12-22(21)26-24/h7-12,17H,3,6,13-16H2,1-2,4-5H3/b8-7-,10-9-. The van der Waals surface area contributed by atoms with Crippen molar-refractivity contribution >= 4 is 17.3 Å². The number of thioether (sulfide) groups is 1. The van der Waals surface area contributed by atoms with Crippen LogP contribution in [-0.4, -0.2) is 29.8 Å². The zero-order chi connectivity index (χ0) is 18.7. The van der Waals surface area contributed by atoms with Crippen LogP contribution in [0.4, 0.5) is 0 Å². The summed E-state index contributed by atoms with van der Waals surface area (Å²) in [5.74, 6) is 0. The number of allylic oxidation sites excluding steroid dienone is 4. The summed E-state index contributed by atoms with van der Waals surface area (Å²) in [6.07, 6.45) is 12.1. The minimum absolute atomic E-state index is 0.0715. The van der Waals surface area contributed by atoms with Crippen LogP contribution < -0.4 is 0 Å². The number of benzene rings is 1. The van der Waals surface area contributed by atoms with Crippen LogP contribution in [0.2, 0.25) is 0 Å². The Morgan fingerprint density at radius 2 is 2.00 bits per heavy atom. The number of hydrogen-bond donors (Lipinski definition) is 0. The summed E-state index contributed by atoms with van der Waals surface area (Å²) in [7, 11) is 2.23. The fourth-order valence-corrected chi connectivity index (χ4v) is 5.30. The highest BCUT2D eigenvalue weighted by Gasteiger charge is 2.42. The fraction of sp³-hybridized carbons (Fsp3) is 0.417. The number of piperidine rings is 1. The van der Waals surface area contributed by atoms with E-state index in [0.29, 0.717) is 0 Å². The normalized spacial score (nSPS) is 24.0. The number of hydrogen-bond acceptors (Lipinski definition) is 2. The van der Waals surface area contributed by atoms with Crippen LogP contribution in [0, 0.1) is 6.92 Å². The molecule has 1 aromatic carbocycles. The van der Waals surface area contributed by atoms with Gasteiger partial charge in [-0.15, -0.1) is 11.8 Å². The lowest BCUT2D eigenvalue weighted by Crippen LogP contribution is -2.29. The maximum atomic E-state index is 4.49. The van der Waals surface area contributed by atoms with Crippen molar-refractivity contribution in [3.05, 3.63) is 71.4 Å². The third-order valence-corrected chi connectivity index (χ3v) is 6.98. The summed E-state index contributed by atoms with van der Waals surface area (Å²) in [6, 6.07) is 6.91. The highest BCUT2D eigenvalue weighted by molar-refractivity contribution is 8.01. The number of likely N-dealkylation sites (tertiary alicyclic amines) is 1. The van der Waals surface area contributed by atoms with Crippen molar-refractivity contribution in [2.75, 3.05) is 20.1 Å². The van der Waals surface area contributed by atoms with E-state index in [4.69, 9.17) is 0 Å². The van der Waals surface area contributed by atoms with Crippen molar-refractivity contribution in [1.29, 1.82) is 0 Å². The molecule has 2 aliphatic heterocycles. The second kappa shape index (κ2) is 8.02. The Morgan fingerprint density at radius 3 is 2.69 bits per heavy atom. The smallest absolute Gasteiger partial charge is 0.0676 e. The monoisotopic (exact) mass is 365 g/mol. The highest BCUT2D eigenvalue weighted by Crippen LogP contribution is 2.58. The van der Waals surface area contributed by atoms with Gasteiger partial charge in [0.2, 0.25) is 0 Å². The van der Waals surface area contributed by atoms with Crippen molar-refractivity contribution in [2.45, 2.75) is 49.7 Å². The van der Waals surface area contributed by atoms with Crippen LogP contribution in [0.3, 0.4) is 0 Å². The van der Waals surface area contributed by atoms with E-state index in [-0.39, 0.29) is 4.75 Å². The molecule has 0 N–H and O–H groups in total. The van der Waals surface area contributed by atoms with E-state index in [1.54, 1.807) is 5.57 Å². The van der Waals surface area contributed by atoms with Crippen molar-refractivity contribution in [1.82, 2.24) is 4.90 Å². The quantitative estimate of drug-likeness (QED) is 0.567. The van der Waals surface area contributed by atoms with Gasteiger partial charge in [0, 0.05) is 18.0 Å². The third-order valence-electron chi connectivity index (χ3n) is 5.53. The molecule has 2 heteroatoms. The van der Waals surface area contributed by atoms with Gasteiger partial charge in [-0.1, -0.05) is 61.1 Å². The molecule has 1 unspecified atom stereocenters. The van der Waals surface area contributed by atoms with E-state index in [2.05, 4.69) is 81.8 Å². The molecule has 1 saturated heterocycles. The Kier molecular flexibility index (Phi) is 5.94. The molecule has 1 nitrogen and oxygen atoms in total. The zero-order valence-corrected chi connectivity index (χ0v) is 17.5. The average molecular weight is 366 g/mol. The van der Waals surface area contributed by atoms with E-state index < -0.39 is 0 Å². The largest absolute Gasteiger partial charge is 0.306 e. The lowest BCUT2D eigenvalue weighted by molar-refractivity contribution is 0.312. The van der Waals surface area contributed by atoms with E-state index in [1.165, 1.54) is 40.0 Å². The molecule has 0 aromatic heterocycles. The maximum absolute atomic E-state index is 4.49. The Labute approximate surface area is 163 Å². The Hall–Kier alpha value is -1.51. The molecule has 2 heterocycles. The van der Waals surface area contributed by atoms with Gasteiger partial charge >= 0.3 is 0 Å². The molecule has 0 radical (unpaired) electrons. The van der Waals surface area contributed by atoms with Crippen LogP contribution in [0.15, 0.2) is 65.1 Å². The number of fused-ring (bicyclic) bond motifs is 1. The van der Waals surface area contributed by atoms with Gasteiger partial charge in [0.05, 0.1) is 4.75 Å². The van der Waals surface area contributed by atoms with Crippen LogP contribution in [0.5, 0.6) is 0 Å². The van der Waals surface area contributed by atoms with Gasteiger partial charge in [-0.05, 0) is 62.9 Å². The van der Waals surface area contributed by atoms with Gasteiger partial charge in [0.15, 0.2) is 0 Å². The van der Waals surface area contributed by atoms with Crippen LogP contribution in [0.25, 0.3) is 5.57 Å². The minimum atomic E-state index is -0.0715. The molecule has 1 atom stereocenters. The predicted molar refractivity (Wildman–Crippen MR) is 117 cm³/mol. The van der Waals surface area contributed by atoms with Gasteiger partial charge in [-0.3, -0.25) is 0 Å². The fourth-order valence-electron chi connectivity index (χ4n) is 3.89. The molecule has 3 rings (SSSR count). The summed E-state index contributed by atoms with van der Waals surface area (Å²) < 4.78 is -0.0715. The molecular formula is C24H31NS. The number of aryl methyl sites for hydroxylation is 1. The van der Waals surface area contributed by atoms with E-state index >= 15 is 0 Å². The molecule has 2 aliphatic rings. The van der Waals surface area contributed by atoms with E-state index in [0.717, 1.165) is 19.5 Å². The van der Waals surface area contributed by atoms with Gasteiger partial charge in [-0.25, -0.2) is 0 Å². The number of nitrogens with zero attached hydrogens (tertiary/aromatic N) is 1. The Balaban J connectivity index is 2.04. The first-order chi connectivity index (χ1) is 12.5. The molecule has 0 spiro atoms. The average Bonchev–Trinajstić information content (AvgIpc) is 2.92. The first kappa shape index (κ1) is 19.3. The van der Waals surface area contributed by atoms with Gasteiger partial charge in [-0.2, -0.15) is 0 Å². The SMILES string of the molecule is C=C(/C=C\C=C/CC)C1(C)Sc2ccc(C)cc2C1=C1CCN(C)CC1. The van der Waals surface area contributed by atoms with Gasteiger partial charge in [0.1, 0.15) is 0 Å². The maximum Gasteiger partial charge on any atom is 0.0676 e. The Bertz CT molecular complexity index is 773. The molecule has 1 aromatic rings. The van der Waals surface area contributed by atoms with E-state index in [9.17, 15) is 0 Å². The summed E-state index contributed by atoms with van der Waals surface area (Å²) in [5.41, 5.74) is 7.13. The molecule has 138 valence electrons. The lowest BCUT2D eigenvalue weighted by Gasteiger charge is -2.32. The first-order valence-electron chi connectivity index (χ1n) is 9.69. The first-order valence-corrected chi connectivity index (χ1v) is 10.5. The molecular weight excluding hydrogens is 334 g/mol. The number of rotatable bonds is 4. The highest BCUT2D eigenvalue weighted by atomic mass is 32.2. The molecule has 0 aliphatic carbocycles. The zero-order valence-electron chi connectivity index (χ0n) is 16.6. The molecule has 0 saturated carbocycles. The molecule has 0 amide bonds. The summed E-state index contributed by atoms with van der Waals surface area (Å²) in [5, 5.41) is 0. The lowest BCUT2D eigenvalue weighted by atomic mass is 9.81. The second-order valence-electron chi connectivity index (χ2n) is 7.64. The molecule has 1 fully saturated rings. The molecule has 0 bridgehead atoms. The third kappa shape index (κ3) is 3.77. The summed E-state index contributed by atoms with van der Waals surface area (Å²) in [6.45, 7) is 13.5. The second-order valence-corrected chi connectivity index (χ2v) is 9.10. The molecule has 26 heavy (non-hydrogen) atoms. The van der Waals surface area contributed by atoms with Crippen LogP contribution >= 0.6 is 11.8 Å². The van der Waals surface area contributed by atoms with Gasteiger partial charge < -0.3 is 4.90 Å². The van der Waals surface area contributed by atoms with Crippen LogP contribution in [0.1, 0.15) is 44.2 Å². The summed E-state index contributed by atoms with van der Waals surface area (Å²) in [4.78, 5) is 3.84. The Morgan fingerprint density at radius 1 is 1.27 bits per heavy atom. The minimum Gasteiger partial charge on any atom is -0.306 e. The van der Waals surface area contributed by atoms with Gasteiger partial charge in [0.25, 0.3) is 0 Å². The van der Waals surface area contributed by atoms with Crippen molar-refractivity contribution < 1.29 is 0 Å². The summed E-state index contributed by atoms with van der Waals surface area (Å²) >= 11 is 1.98.